The quantitative estimate of drug-likeness (QED) is 0.343. The fourth-order valence-electron chi connectivity index (χ4n) is 3.36. The van der Waals surface area contributed by atoms with E-state index in [1.165, 1.54) is 11.8 Å². The lowest BCUT2D eigenvalue weighted by atomic mass is 10.1. The van der Waals surface area contributed by atoms with Gasteiger partial charge in [0.2, 0.25) is 5.78 Å². The average molecular weight is 395 g/mol. The number of aryl methyl sites for hydroxylation is 1. The molecule has 0 atom stereocenters. The maximum Gasteiger partial charge on any atom is 0.316 e. The average Bonchev–Trinajstić information content (AvgIpc) is 3.48. The second-order valence-electron chi connectivity index (χ2n) is 6.96. The van der Waals surface area contributed by atoms with Crippen LogP contribution in [-0.2, 0) is 9.53 Å². The van der Waals surface area contributed by atoms with Crippen molar-refractivity contribution in [1.29, 1.82) is 0 Å². The molecule has 0 N–H and O–H groups in total. The van der Waals surface area contributed by atoms with Crippen molar-refractivity contribution in [2.24, 2.45) is 0 Å². The highest BCUT2D eigenvalue weighted by Gasteiger charge is 2.28. The van der Waals surface area contributed by atoms with Crippen molar-refractivity contribution < 1.29 is 14.3 Å². The Morgan fingerprint density at radius 2 is 1.96 bits per heavy atom. The maximum absolute atomic E-state index is 12.5. The largest absolute Gasteiger partial charge is 0.457 e. The maximum atomic E-state index is 12.5. The number of para-hydroxylation sites is 2. The highest BCUT2D eigenvalue weighted by Crippen LogP contribution is 2.38. The summed E-state index contributed by atoms with van der Waals surface area (Å²) < 4.78 is 7.39. The summed E-state index contributed by atoms with van der Waals surface area (Å²) in [5.74, 6) is -0.519. The summed E-state index contributed by atoms with van der Waals surface area (Å²) in [4.78, 5) is 33.3. The number of Topliss-reactive ketones (excluding diaryl/α,β-unsaturated/α-hetero) is 1. The molecule has 2 heterocycles. The van der Waals surface area contributed by atoms with Gasteiger partial charge in [-0.2, -0.15) is 0 Å². The summed E-state index contributed by atoms with van der Waals surface area (Å²) in [5.41, 5.74) is 4.28. The molecule has 0 bridgehead atoms. The van der Waals surface area contributed by atoms with Crippen LogP contribution >= 0.6 is 11.8 Å². The number of hydrogen-bond donors (Lipinski definition) is 0. The Hall–Kier alpha value is -2.67. The molecular formula is C21H21N3O3S. The molecule has 1 aliphatic carbocycles. The number of carbonyl (C=O) groups is 2. The number of aromatic nitrogens is 3. The Labute approximate surface area is 167 Å². The minimum absolute atomic E-state index is 0.0847. The molecule has 3 aromatic rings. The monoisotopic (exact) mass is 395 g/mol. The van der Waals surface area contributed by atoms with Crippen molar-refractivity contribution in [3.63, 3.8) is 0 Å². The lowest BCUT2D eigenvalue weighted by Crippen LogP contribution is -2.16. The van der Waals surface area contributed by atoms with Crippen molar-refractivity contribution >= 4 is 34.5 Å². The molecule has 0 radical (unpaired) electrons. The molecule has 28 heavy (non-hydrogen) atoms. The van der Waals surface area contributed by atoms with Crippen molar-refractivity contribution in [2.75, 3.05) is 12.4 Å². The molecular weight excluding hydrogens is 374 g/mol. The van der Waals surface area contributed by atoms with Gasteiger partial charge in [-0.05, 0) is 44.9 Å². The van der Waals surface area contributed by atoms with E-state index in [-0.39, 0.29) is 18.1 Å². The smallest absolute Gasteiger partial charge is 0.316 e. The number of ketones is 1. The summed E-state index contributed by atoms with van der Waals surface area (Å²) in [6.45, 7) is 3.72. The standard InChI is InChI=1S/C21H21N3O3S/c1-13-9-16(14(2)24(13)15-7-8-15)19(25)11-27-21(26)12-28-20-10-22-17-5-3-4-6-18(17)23-20/h3-6,9-10,15H,7-8,11-12H2,1-2H3. The number of hydrogen-bond acceptors (Lipinski definition) is 6. The second-order valence-corrected chi connectivity index (χ2v) is 7.95. The first-order chi connectivity index (χ1) is 13.5. The van der Waals surface area contributed by atoms with Crippen LogP contribution in [0.2, 0.25) is 0 Å². The molecule has 0 amide bonds. The fourth-order valence-corrected chi connectivity index (χ4v) is 4.00. The van der Waals surface area contributed by atoms with Crippen LogP contribution in [0, 0.1) is 13.8 Å². The summed E-state index contributed by atoms with van der Waals surface area (Å²) in [7, 11) is 0. The number of nitrogens with zero attached hydrogens (tertiary/aromatic N) is 3. The van der Waals surface area contributed by atoms with Crippen LogP contribution in [0.25, 0.3) is 11.0 Å². The Morgan fingerprint density at radius 1 is 1.21 bits per heavy atom. The van der Waals surface area contributed by atoms with E-state index >= 15 is 0 Å². The van der Waals surface area contributed by atoms with Crippen LogP contribution in [-0.4, -0.2) is 38.6 Å². The van der Waals surface area contributed by atoms with Crippen LogP contribution in [0.5, 0.6) is 0 Å². The Balaban J connectivity index is 1.31. The number of ether oxygens (including phenoxy) is 1. The molecule has 1 saturated carbocycles. The highest BCUT2D eigenvalue weighted by atomic mass is 32.2. The Morgan fingerprint density at radius 3 is 2.71 bits per heavy atom. The van der Waals surface area contributed by atoms with Gasteiger partial charge in [-0.15, -0.1) is 0 Å². The minimum Gasteiger partial charge on any atom is -0.457 e. The van der Waals surface area contributed by atoms with Gasteiger partial charge in [0.25, 0.3) is 0 Å². The van der Waals surface area contributed by atoms with E-state index < -0.39 is 5.97 Å². The Kier molecular flexibility index (Phi) is 5.17. The van der Waals surface area contributed by atoms with Gasteiger partial charge in [-0.3, -0.25) is 14.6 Å². The molecule has 2 aromatic heterocycles. The van der Waals surface area contributed by atoms with E-state index in [4.69, 9.17) is 4.74 Å². The topological polar surface area (TPSA) is 74.1 Å². The molecule has 1 aliphatic rings. The first-order valence-corrected chi connectivity index (χ1v) is 10.2. The summed E-state index contributed by atoms with van der Waals surface area (Å²) in [6.07, 6.45) is 3.96. The van der Waals surface area contributed by atoms with E-state index in [1.807, 2.05) is 44.2 Å². The van der Waals surface area contributed by atoms with Crippen LogP contribution in [0.1, 0.15) is 40.6 Å². The van der Waals surface area contributed by atoms with Gasteiger partial charge in [0.1, 0.15) is 5.03 Å². The number of benzene rings is 1. The van der Waals surface area contributed by atoms with Crippen molar-refractivity contribution in [2.45, 2.75) is 37.8 Å². The molecule has 0 unspecified atom stereocenters. The predicted octanol–water partition coefficient (Wildman–Crippen LogP) is 3.90. The molecule has 0 spiro atoms. The third kappa shape index (κ3) is 3.94. The fraction of sp³-hybridized carbons (Fsp3) is 0.333. The molecule has 1 aromatic carbocycles. The highest BCUT2D eigenvalue weighted by molar-refractivity contribution is 7.99. The molecule has 144 valence electrons. The molecule has 6 nitrogen and oxygen atoms in total. The van der Waals surface area contributed by atoms with Crippen molar-refractivity contribution in [1.82, 2.24) is 14.5 Å². The molecule has 7 heteroatoms. The van der Waals surface area contributed by atoms with Gasteiger partial charge in [0, 0.05) is 23.0 Å². The molecule has 0 saturated heterocycles. The van der Waals surface area contributed by atoms with Crippen LogP contribution in [0.3, 0.4) is 0 Å². The van der Waals surface area contributed by atoms with E-state index in [2.05, 4.69) is 14.5 Å². The van der Waals surface area contributed by atoms with Gasteiger partial charge < -0.3 is 9.30 Å². The predicted molar refractivity (Wildman–Crippen MR) is 108 cm³/mol. The number of esters is 1. The number of fused-ring (bicyclic) bond motifs is 1. The minimum atomic E-state index is -0.440. The van der Waals surface area contributed by atoms with Gasteiger partial charge in [0.15, 0.2) is 6.61 Å². The molecule has 4 rings (SSSR count). The second kappa shape index (κ2) is 7.75. The van der Waals surface area contributed by atoms with Crippen molar-refractivity contribution in [3.05, 3.63) is 53.5 Å². The zero-order valence-corrected chi connectivity index (χ0v) is 16.7. The van der Waals surface area contributed by atoms with Crippen LogP contribution in [0.15, 0.2) is 41.6 Å². The molecule has 1 fully saturated rings. The Bertz CT molecular complexity index is 1060. The van der Waals surface area contributed by atoms with Gasteiger partial charge in [-0.25, -0.2) is 4.98 Å². The first-order valence-electron chi connectivity index (χ1n) is 9.25. The normalized spacial score (nSPS) is 13.6. The SMILES string of the molecule is Cc1cc(C(=O)COC(=O)CSc2cnc3ccccc3n2)c(C)n1C1CC1. The zero-order chi connectivity index (χ0) is 19.7. The van der Waals surface area contributed by atoms with E-state index in [9.17, 15) is 9.59 Å². The number of rotatable bonds is 7. The summed E-state index contributed by atoms with van der Waals surface area (Å²) in [6, 6.07) is 9.97. The lowest BCUT2D eigenvalue weighted by Gasteiger charge is -2.08. The van der Waals surface area contributed by atoms with Gasteiger partial charge >= 0.3 is 5.97 Å². The zero-order valence-electron chi connectivity index (χ0n) is 15.8. The first kappa shape index (κ1) is 18.7. The van der Waals surface area contributed by atoms with Crippen molar-refractivity contribution in [3.8, 4) is 0 Å². The number of carbonyl (C=O) groups excluding carboxylic acids is 2. The van der Waals surface area contributed by atoms with Crippen LogP contribution < -0.4 is 0 Å². The summed E-state index contributed by atoms with van der Waals surface area (Å²) in [5, 5.41) is 0.648. The number of thioether (sulfide) groups is 1. The van der Waals surface area contributed by atoms with Gasteiger partial charge in [-0.1, -0.05) is 23.9 Å². The lowest BCUT2D eigenvalue weighted by molar-refractivity contribution is -0.139. The van der Waals surface area contributed by atoms with Gasteiger partial charge in [0.05, 0.1) is 23.0 Å². The molecule has 0 aliphatic heterocycles. The van der Waals surface area contributed by atoms with E-state index in [0.717, 1.165) is 35.3 Å². The van der Waals surface area contributed by atoms with E-state index in [1.54, 1.807) is 6.20 Å². The summed E-state index contributed by atoms with van der Waals surface area (Å²) >= 11 is 1.25. The van der Waals surface area contributed by atoms with E-state index in [0.29, 0.717) is 16.6 Å². The third-order valence-electron chi connectivity index (χ3n) is 4.83. The third-order valence-corrected chi connectivity index (χ3v) is 5.70. The van der Waals surface area contributed by atoms with Crippen LogP contribution in [0.4, 0.5) is 0 Å².